The number of halogens is 1. The molecule has 5 heteroatoms. The normalized spacial score (nSPS) is 12.7. The monoisotopic (exact) mass is 312 g/mol. The van der Waals surface area contributed by atoms with Crippen molar-refractivity contribution < 1.29 is 9.53 Å². The van der Waals surface area contributed by atoms with Gasteiger partial charge >= 0.3 is 0 Å². The van der Waals surface area contributed by atoms with Gasteiger partial charge in [0.15, 0.2) is 0 Å². The van der Waals surface area contributed by atoms with Crippen LogP contribution in [0.1, 0.15) is 32.3 Å². The largest absolute Gasteiger partial charge is 0.489 e. The van der Waals surface area contributed by atoms with Gasteiger partial charge in [-0.3, -0.25) is 4.79 Å². The number of nitrogens with two attached hydrogens (primary N) is 1. The highest BCUT2D eigenvalue weighted by molar-refractivity contribution is 5.85. The number of para-hydroxylation sites is 1. The topological polar surface area (TPSA) is 64.3 Å². The van der Waals surface area contributed by atoms with Crippen molar-refractivity contribution in [1.82, 2.24) is 5.32 Å². The Morgan fingerprint density at radius 3 is 2.76 bits per heavy atom. The van der Waals surface area contributed by atoms with E-state index in [4.69, 9.17) is 10.5 Å². The van der Waals surface area contributed by atoms with E-state index in [2.05, 4.69) is 11.9 Å². The summed E-state index contributed by atoms with van der Waals surface area (Å²) in [5, 5.41) is 2.87. The maximum Gasteiger partial charge on any atom is 0.240 e. The van der Waals surface area contributed by atoms with E-state index in [0.717, 1.165) is 17.7 Å². The molecular weight excluding hydrogens is 288 g/mol. The Morgan fingerprint density at radius 2 is 2.14 bits per heavy atom. The van der Waals surface area contributed by atoms with E-state index in [1.165, 1.54) is 0 Å². The molecular formula is C16H25ClN2O2. The number of carbonyl (C=O) groups is 1. The molecule has 21 heavy (non-hydrogen) atoms. The van der Waals surface area contributed by atoms with E-state index < -0.39 is 5.54 Å². The van der Waals surface area contributed by atoms with Crippen LogP contribution < -0.4 is 15.8 Å². The lowest BCUT2D eigenvalue weighted by Crippen LogP contribution is -2.51. The molecule has 1 unspecified atom stereocenters. The van der Waals surface area contributed by atoms with Crippen LogP contribution in [0.5, 0.6) is 5.75 Å². The zero-order valence-corrected chi connectivity index (χ0v) is 13.5. The summed E-state index contributed by atoms with van der Waals surface area (Å²) in [6.07, 6.45) is 3.22. The van der Waals surface area contributed by atoms with Gasteiger partial charge in [-0.15, -0.1) is 12.4 Å². The first-order valence-corrected chi connectivity index (χ1v) is 6.90. The van der Waals surface area contributed by atoms with Gasteiger partial charge < -0.3 is 15.8 Å². The second-order valence-electron chi connectivity index (χ2n) is 5.06. The van der Waals surface area contributed by atoms with Crippen molar-refractivity contribution in [2.24, 2.45) is 5.73 Å². The minimum atomic E-state index is -0.828. The molecule has 1 atom stereocenters. The van der Waals surface area contributed by atoms with Crippen LogP contribution >= 0.6 is 12.4 Å². The van der Waals surface area contributed by atoms with E-state index in [0.29, 0.717) is 19.6 Å². The molecule has 0 radical (unpaired) electrons. The summed E-state index contributed by atoms with van der Waals surface area (Å²) in [7, 11) is 0. The molecule has 1 aromatic carbocycles. The van der Waals surface area contributed by atoms with E-state index in [9.17, 15) is 4.79 Å². The average molecular weight is 313 g/mol. The van der Waals surface area contributed by atoms with E-state index in [1.807, 2.05) is 31.2 Å². The van der Waals surface area contributed by atoms with Gasteiger partial charge in [0.1, 0.15) is 12.4 Å². The summed E-state index contributed by atoms with van der Waals surface area (Å²) < 4.78 is 5.55. The Hall–Kier alpha value is -1.52. The Balaban J connectivity index is 0.00000400. The minimum Gasteiger partial charge on any atom is -0.489 e. The SMILES string of the molecule is C=CCOc1ccccc1CNC(=O)C(C)(N)CCC.Cl. The Bertz CT molecular complexity index is 461. The summed E-state index contributed by atoms with van der Waals surface area (Å²) >= 11 is 0. The molecule has 0 fully saturated rings. The smallest absolute Gasteiger partial charge is 0.240 e. The van der Waals surface area contributed by atoms with E-state index >= 15 is 0 Å². The van der Waals surface area contributed by atoms with Crippen LogP contribution in [0.15, 0.2) is 36.9 Å². The minimum absolute atomic E-state index is 0. The van der Waals surface area contributed by atoms with Gasteiger partial charge in [0.25, 0.3) is 0 Å². The fraction of sp³-hybridized carbons (Fsp3) is 0.438. The molecule has 0 aromatic heterocycles. The van der Waals surface area contributed by atoms with Crippen molar-refractivity contribution >= 4 is 18.3 Å². The maximum atomic E-state index is 12.1. The van der Waals surface area contributed by atoms with Gasteiger partial charge in [-0.1, -0.05) is 44.2 Å². The quantitative estimate of drug-likeness (QED) is 0.725. The van der Waals surface area contributed by atoms with Gasteiger partial charge in [0.2, 0.25) is 5.91 Å². The van der Waals surface area contributed by atoms with Crippen molar-refractivity contribution in [3.05, 3.63) is 42.5 Å². The molecule has 1 aromatic rings. The molecule has 0 saturated carbocycles. The van der Waals surface area contributed by atoms with Crippen LogP contribution in [0, 0.1) is 0 Å². The standard InChI is InChI=1S/C16H24N2O2.ClH/c1-4-10-16(3,17)15(19)18-12-13-8-6-7-9-14(13)20-11-5-2;/h5-9H,2,4,10-12,17H2,1,3H3,(H,18,19);1H. The van der Waals surface area contributed by atoms with Gasteiger partial charge in [-0.2, -0.15) is 0 Å². The van der Waals surface area contributed by atoms with Gasteiger partial charge in [0.05, 0.1) is 5.54 Å². The second-order valence-corrected chi connectivity index (χ2v) is 5.06. The summed E-state index contributed by atoms with van der Waals surface area (Å²) in [5.74, 6) is 0.611. The third-order valence-electron chi connectivity index (χ3n) is 3.06. The molecule has 4 nitrogen and oxygen atoms in total. The van der Waals surface area contributed by atoms with Crippen molar-refractivity contribution in [3.63, 3.8) is 0 Å². The van der Waals surface area contributed by atoms with Crippen LogP contribution in [0.3, 0.4) is 0 Å². The predicted molar refractivity (Wildman–Crippen MR) is 88.7 cm³/mol. The van der Waals surface area contributed by atoms with Crippen LogP contribution in [0.4, 0.5) is 0 Å². The van der Waals surface area contributed by atoms with Gasteiger partial charge in [-0.25, -0.2) is 0 Å². The van der Waals surface area contributed by atoms with Crippen LogP contribution in [0.25, 0.3) is 0 Å². The highest BCUT2D eigenvalue weighted by atomic mass is 35.5. The fourth-order valence-corrected chi connectivity index (χ4v) is 1.95. The second kappa shape index (κ2) is 9.42. The number of ether oxygens (including phenoxy) is 1. The number of hydrogen-bond donors (Lipinski definition) is 2. The molecule has 0 aliphatic heterocycles. The lowest BCUT2D eigenvalue weighted by atomic mass is 9.96. The summed E-state index contributed by atoms with van der Waals surface area (Å²) in [6, 6.07) is 7.61. The first-order valence-electron chi connectivity index (χ1n) is 6.90. The lowest BCUT2D eigenvalue weighted by molar-refractivity contribution is -0.126. The molecule has 1 amide bonds. The third-order valence-corrected chi connectivity index (χ3v) is 3.06. The Morgan fingerprint density at radius 1 is 1.48 bits per heavy atom. The molecule has 1 rings (SSSR count). The van der Waals surface area contributed by atoms with Crippen molar-refractivity contribution in [3.8, 4) is 5.75 Å². The molecule has 0 saturated heterocycles. The van der Waals surface area contributed by atoms with Crippen LogP contribution in [0.2, 0.25) is 0 Å². The van der Waals surface area contributed by atoms with Crippen LogP contribution in [-0.4, -0.2) is 18.1 Å². The lowest BCUT2D eigenvalue weighted by Gasteiger charge is -2.23. The highest BCUT2D eigenvalue weighted by Crippen LogP contribution is 2.18. The molecule has 0 heterocycles. The number of benzene rings is 1. The van der Waals surface area contributed by atoms with Gasteiger partial charge in [-0.05, 0) is 19.4 Å². The number of rotatable bonds is 8. The Kier molecular flexibility index (Phi) is 8.74. The zero-order valence-electron chi connectivity index (χ0n) is 12.7. The molecule has 3 N–H and O–H groups in total. The fourth-order valence-electron chi connectivity index (χ4n) is 1.95. The Labute approximate surface area is 133 Å². The number of hydrogen-bond acceptors (Lipinski definition) is 3. The van der Waals surface area contributed by atoms with E-state index in [1.54, 1.807) is 13.0 Å². The van der Waals surface area contributed by atoms with E-state index in [-0.39, 0.29) is 18.3 Å². The first kappa shape index (κ1) is 19.5. The number of carbonyl (C=O) groups excluding carboxylic acids is 1. The number of nitrogens with one attached hydrogen (secondary N) is 1. The molecule has 0 aliphatic carbocycles. The van der Waals surface area contributed by atoms with Crippen molar-refractivity contribution in [2.45, 2.75) is 38.8 Å². The van der Waals surface area contributed by atoms with Gasteiger partial charge in [0, 0.05) is 12.1 Å². The molecule has 0 aliphatic rings. The average Bonchev–Trinajstić information content (AvgIpc) is 2.43. The first-order chi connectivity index (χ1) is 9.51. The summed E-state index contributed by atoms with van der Waals surface area (Å²) in [6.45, 7) is 8.23. The van der Waals surface area contributed by atoms with Crippen molar-refractivity contribution in [2.75, 3.05) is 6.61 Å². The number of amides is 1. The molecule has 0 spiro atoms. The van der Waals surface area contributed by atoms with Crippen molar-refractivity contribution in [1.29, 1.82) is 0 Å². The summed E-state index contributed by atoms with van der Waals surface area (Å²) in [5.41, 5.74) is 6.09. The molecule has 0 bridgehead atoms. The third kappa shape index (κ3) is 6.19. The predicted octanol–water partition coefficient (Wildman–Crippen LogP) is 2.81. The zero-order chi connectivity index (χ0) is 15.0. The van der Waals surface area contributed by atoms with Crippen LogP contribution in [-0.2, 0) is 11.3 Å². The highest BCUT2D eigenvalue weighted by Gasteiger charge is 2.26. The maximum absolute atomic E-state index is 12.1. The summed E-state index contributed by atoms with van der Waals surface area (Å²) in [4.78, 5) is 12.1. The molecule has 118 valence electrons.